The van der Waals surface area contributed by atoms with Crippen LogP contribution in [0.2, 0.25) is 0 Å². The van der Waals surface area contributed by atoms with Crippen LogP contribution in [-0.4, -0.2) is 33.7 Å². The number of carboxylic acid groups (broad SMARTS) is 1. The van der Waals surface area contributed by atoms with Gasteiger partial charge in [-0.1, -0.05) is 0 Å². The maximum Gasteiger partial charge on any atom is 0.335 e. The number of benzene rings is 1. The molecule has 0 aliphatic heterocycles. The van der Waals surface area contributed by atoms with Crippen LogP contribution in [0.3, 0.4) is 0 Å². The Morgan fingerprint density at radius 1 is 1.33 bits per heavy atom. The second-order valence-electron chi connectivity index (χ2n) is 4.59. The molecular weight excluding hydrogens is 252 g/mol. The van der Waals surface area contributed by atoms with Crippen LogP contribution in [0.5, 0.6) is 0 Å². The molecule has 18 heavy (non-hydrogen) atoms. The maximum atomic E-state index is 12.0. The number of carboxylic acids is 1. The third-order valence-corrected chi connectivity index (χ3v) is 4.18. The summed E-state index contributed by atoms with van der Waals surface area (Å²) in [4.78, 5) is 11.3. The maximum absolute atomic E-state index is 12.0. The van der Waals surface area contributed by atoms with Gasteiger partial charge in [0.2, 0.25) is 0 Å². The molecule has 0 saturated heterocycles. The minimum absolute atomic E-state index is 0.202. The van der Waals surface area contributed by atoms with Crippen LogP contribution in [0.15, 0.2) is 29.2 Å². The molecule has 0 saturated carbocycles. The highest BCUT2D eigenvalue weighted by molar-refractivity contribution is 7.85. The van der Waals surface area contributed by atoms with Crippen LogP contribution >= 0.6 is 0 Å². The van der Waals surface area contributed by atoms with Crippen LogP contribution in [0.1, 0.15) is 30.6 Å². The second kappa shape index (κ2) is 6.11. The third kappa shape index (κ3) is 4.23. The first-order valence-electron chi connectivity index (χ1n) is 5.62. The van der Waals surface area contributed by atoms with Gasteiger partial charge in [-0.25, -0.2) is 4.79 Å². The van der Waals surface area contributed by atoms with Gasteiger partial charge in [-0.05, 0) is 44.5 Å². The standard InChI is InChI=1S/C13H18O4S/c1-13(2,17-3)8-9-18(16)11-6-4-10(5-7-11)12(14)15/h4-7H,8-9H2,1-3H3,(H,14,15). The Kier molecular flexibility index (Phi) is 5.04. The topological polar surface area (TPSA) is 63.6 Å². The van der Waals surface area contributed by atoms with Gasteiger partial charge < -0.3 is 9.84 Å². The van der Waals surface area contributed by atoms with E-state index >= 15 is 0 Å². The Morgan fingerprint density at radius 3 is 2.33 bits per heavy atom. The van der Waals surface area contributed by atoms with Crippen molar-refractivity contribution in [2.24, 2.45) is 0 Å². The van der Waals surface area contributed by atoms with Gasteiger partial charge in [0.1, 0.15) is 0 Å². The number of ether oxygens (including phenoxy) is 1. The van der Waals surface area contributed by atoms with Crippen LogP contribution in [-0.2, 0) is 15.5 Å². The van der Waals surface area contributed by atoms with Gasteiger partial charge in [0, 0.05) is 17.8 Å². The normalized spacial score (nSPS) is 13.3. The third-order valence-electron chi connectivity index (χ3n) is 2.81. The van der Waals surface area contributed by atoms with Gasteiger partial charge in [0.05, 0.1) is 22.0 Å². The molecule has 4 nitrogen and oxygen atoms in total. The Morgan fingerprint density at radius 2 is 1.89 bits per heavy atom. The molecule has 0 spiro atoms. The number of aromatic carboxylic acids is 1. The van der Waals surface area contributed by atoms with Gasteiger partial charge in [0.25, 0.3) is 0 Å². The van der Waals surface area contributed by atoms with Crippen molar-refractivity contribution in [3.05, 3.63) is 29.8 Å². The molecular formula is C13H18O4S. The number of methoxy groups -OCH3 is 1. The lowest BCUT2D eigenvalue weighted by atomic mass is 10.1. The highest BCUT2D eigenvalue weighted by Gasteiger charge is 2.18. The highest BCUT2D eigenvalue weighted by atomic mass is 32.2. The summed E-state index contributed by atoms with van der Waals surface area (Å²) in [7, 11) is 0.504. The largest absolute Gasteiger partial charge is 0.478 e. The summed E-state index contributed by atoms with van der Waals surface area (Å²) in [6, 6.07) is 6.13. The van der Waals surface area contributed by atoms with E-state index in [-0.39, 0.29) is 11.2 Å². The second-order valence-corrected chi connectivity index (χ2v) is 6.16. The molecule has 1 aromatic carbocycles. The molecule has 0 aliphatic rings. The van der Waals surface area contributed by atoms with E-state index in [4.69, 9.17) is 9.84 Å². The van der Waals surface area contributed by atoms with Gasteiger partial charge in [-0.3, -0.25) is 4.21 Å². The van der Waals surface area contributed by atoms with E-state index in [0.29, 0.717) is 17.1 Å². The lowest BCUT2D eigenvalue weighted by molar-refractivity contribution is 0.0205. The fourth-order valence-electron chi connectivity index (χ4n) is 1.31. The number of rotatable bonds is 6. The molecule has 0 heterocycles. The number of hydrogen-bond donors (Lipinski definition) is 1. The Balaban J connectivity index is 2.65. The predicted octanol–water partition coefficient (Wildman–Crippen LogP) is 2.31. The van der Waals surface area contributed by atoms with E-state index in [0.717, 1.165) is 0 Å². The van der Waals surface area contributed by atoms with Crippen molar-refractivity contribution in [3.63, 3.8) is 0 Å². The van der Waals surface area contributed by atoms with E-state index in [9.17, 15) is 9.00 Å². The van der Waals surface area contributed by atoms with Crippen molar-refractivity contribution >= 4 is 16.8 Å². The number of carbonyl (C=O) groups is 1. The predicted molar refractivity (Wildman–Crippen MR) is 70.4 cm³/mol. The monoisotopic (exact) mass is 270 g/mol. The van der Waals surface area contributed by atoms with E-state index < -0.39 is 16.8 Å². The molecule has 0 amide bonds. The van der Waals surface area contributed by atoms with Crippen molar-refractivity contribution in [2.75, 3.05) is 12.9 Å². The van der Waals surface area contributed by atoms with Crippen LogP contribution in [0.25, 0.3) is 0 Å². The summed E-state index contributed by atoms with van der Waals surface area (Å²) in [6.45, 7) is 3.88. The molecule has 0 fully saturated rings. The zero-order valence-electron chi connectivity index (χ0n) is 10.8. The zero-order valence-corrected chi connectivity index (χ0v) is 11.6. The lowest BCUT2D eigenvalue weighted by Gasteiger charge is -2.22. The van der Waals surface area contributed by atoms with Crippen molar-refractivity contribution in [2.45, 2.75) is 30.8 Å². The lowest BCUT2D eigenvalue weighted by Crippen LogP contribution is -2.24. The molecule has 1 unspecified atom stereocenters. The van der Waals surface area contributed by atoms with E-state index in [1.54, 1.807) is 19.2 Å². The molecule has 0 radical (unpaired) electrons. The Hall–Kier alpha value is -1.20. The fourth-order valence-corrected chi connectivity index (χ4v) is 2.66. The molecule has 0 bridgehead atoms. The van der Waals surface area contributed by atoms with Gasteiger partial charge in [-0.2, -0.15) is 0 Å². The van der Waals surface area contributed by atoms with E-state index in [2.05, 4.69) is 0 Å². The summed E-state index contributed by atoms with van der Waals surface area (Å²) in [5, 5.41) is 8.76. The van der Waals surface area contributed by atoms with Crippen molar-refractivity contribution in [3.8, 4) is 0 Å². The summed E-state index contributed by atoms with van der Waals surface area (Å²) < 4.78 is 17.3. The molecule has 100 valence electrons. The molecule has 1 N–H and O–H groups in total. The average molecular weight is 270 g/mol. The summed E-state index contributed by atoms with van der Waals surface area (Å²) in [5.41, 5.74) is -0.0931. The summed E-state index contributed by atoms with van der Waals surface area (Å²) in [5.74, 6) is -0.486. The first-order valence-corrected chi connectivity index (χ1v) is 6.94. The smallest absolute Gasteiger partial charge is 0.335 e. The Bertz CT molecular complexity index is 437. The molecule has 0 aromatic heterocycles. The summed E-state index contributed by atoms with van der Waals surface area (Å²) in [6.07, 6.45) is 0.677. The van der Waals surface area contributed by atoms with Crippen LogP contribution < -0.4 is 0 Å². The number of hydrogen-bond acceptors (Lipinski definition) is 3. The van der Waals surface area contributed by atoms with E-state index in [1.807, 2.05) is 13.8 Å². The average Bonchev–Trinajstić information content (AvgIpc) is 2.36. The molecule has 1 atom stereocenters. The zero-order chi connectivity index (χ0) is 13.8. The van der Waals surface area contributed by atoms with Crippen molar-refractivity contribution in [1.29, 1.82) is 0 Å². The van der Waals surface area contributed by atoms with Gasteiger partial charge in [0.15, 0.2) is 0 Å². The van der Waals surface area contributed by atoms with Gasteiger partial charge >= 0.3 is 5.97 Å². The minimum atomic E-state index is -1.13. The first kappa shape index (κ1) is 14.9. The molecule has 0 aliphatic carbocycles. The fraction of sp³-hybridized carbons (Fsp3) is 0.462. The molecule has 5 heteroatoms. The van der Waals surface area contributed by atoms with Gasteiger partial charge in [-0.15, -0.1) is 0 Å². The SMILES string of the molecule is COC(C)(C)CCS(=O)c1ccc(C(=O)O)cc1. The highest BCUT2D eigenvalue weighted by Crippen LogP contribution is 2.16. The van der Waals surface area contributed by atoms with E-state index in [1.165, 1.54) is 12.1 Å². The first-order chi connectivity index (χ1) is 8.35. The van der Waals surface area contributed by atoms with Crippen molar-refractivity contribution in [1.82, 2.24) is 0 Å². The minimum Gasteiger partial charge on any atom is -0.478 e. The van der Waals surface area contributed by atoms with Crippen molar-refractivity contribution < 1.29 is 18.8 Å². The molecule has 1 rings (SSSR count). The Labute approximate surface area is 109 Å². The van der Waals surface area contributed by atoms with Crippen LogP contribution in [0, 0.1) is 0 Å². The van der Waals surface area contributed by atoms with Crippen LogP contribution in [0.4, 0.5) is 0 Å². The summed E-state index contributed by atoms with van der Waals surface area (Å²) >= 11 is 0. The molecule has 1 aromatic rings. The quantitative estimate of drug-likeness (QED) is 0.861.